The number of carbonyl (C=O) groups is 2. The molecule has 2 aromatic carbocycles. The Kier molecular flexibility index (Phi) is 4.31. The van der Waals surface area contributed by atoms with E-state index in [1.165, 1.54) is 0 Å². The average Bonchev–Trinajstić information content (AvgIpc) is 2.46. The van der Waals surface area contributed by atoms with Crippen molar-refractivity contribution in [2.24, 2.45) is 5.92 Å². The van der Waals surface area contributed by atoms with E-state index in [1.54, 1.807) is 31.2 Å². The Labute approximate surface area is 118 Å². The predicted molar refractivity (Wildman–Crippen MR) is 79.7 cm³/mol. The van der Waals surface area contributed by atoms with Crippen LogP contribution < -0.4 is 5.32 Å². The molecule has 3 heteroatoms. The molecule has 2 rings (SSSR count). The Balaban J connectivity index is 2.07. The second-order valence-electron chi connectivity index (χ2n) is 4.81. The average molecular weight is 267 g/mol. The van der Waals surface area contributed by atoms with E-state index in [0.29, 0.717) is 11.3 Å². The number of Topliss-reactive ketones (excluding diaryl/α,β-unsaturated/α-hetero) is 1. The Morgan fingerprint density at radius 3 is 2.35 bits per heavy atom. The number of carbonyl (C=O) groups excluding carboxylic acids is 2. The van der Waals surface area contributed by atoms with Gasteiger partial charge in [-0.15, -0.1) is 0 Å². The monoisotopic (exact) mass is 267 g/mol. The Morgan fingerprint density at radius 2 is 1.70 bits per heavy atom. The second-order valence-corrected chi connectivity index (χ2v) is 4.81. The molecule has 2 aromatic rings. The van der Waals surface area contributed by atoms with E-state index in [9.17, 15) is 9.59 Å². The number of nitrogens with one attached hydrogen (secondary N) is 1. The van der Waals surface area contributed by atoms with Crippen LogP contribution in [-0.4, -0.2) is 11.7 Å². The van der Waals surface area contributed by atoms with Gasteiger partial charge in [-0.05, 0) is 31.5 Å². The summed E-state index contributed by atoms with van der Waals surface area (Å²) in [5.74, 6) is -1.17. The van der Waals surface area contributed by atoms with E-state index in [4.69, 9.17) is 0 Å². The molecule has 0 fully saturated rings. The zero-order chi connectivity index (χ0) is 14.5. The zero-order valence-corrected chi connectivity index (χ0v) is 11.6. The number of benzene rings is 2. The predicted octanol–water partition coefficient (Wildman–Crippen LogP) is 3.45. The van der Waals surface area contributed by atoms with Gasteiger partial charge in [0.05, 0.1) is 5.92 Å². The third-order valence-corrected chi connectivity index (χ3v) is 3.13. The molecule has 3 nitrogen and oxygen atoms in total. The largest absolute Gasteiger partial charge is 0.325 e. The number of anilines is 1. The van der Waals surface area contributed by atoms with Gasteiger partial charge in [-0.2, -0.15) is 0 Å². The lowest BCUT2D eigenvalue weighted by Crippen LogP contribution is -2.27. The zero-order valence-electron chi connectivity index (χ0n) is 11.6. The molecule has 0 radical (unpaired) electrons. The maximum Gasteiger partial charge on any atom is 0.235 e. The summed E-state index contributed by atoms with van der Waals surface area (Å²) in [6.07, 6.45) is 0. The van der Waals surface area contributed by atoms with E-state index in [1.807, 2.05) is 37.3 Å². The van der Waals surface area contributed by atoms with Crippen molar-refractivity contribution in [2.45, 2.75) is 13.8 Å². The van der Waals surface area contributed by atoms with Gasteiger partial charge in [0.25, 0.3) is 0 Å². The molecular formula is C17H17NO2. The molecule has 0 unspecified atom stereocenters. The van der Waals surface area contributed by atoms with Gasteiger partial charge in [-0.1, -0.05) is 42.5 Å². The fraction of sp³-hybridized carbons (Fsp3) is 0.176. The molecule has 0 aliphatic carbocycles. The number of ketones is 1. The summed E-state index contributed by atoms with van der Waals surface area (Å²) in [6, 6.07) is 16.4. The van der Waals surface area contributed by atoms with Gasteiger partial charge in [0, 0.05) is 11.3 Å². The molecule has 0 aliphatic rings. The van der Waals surface area contributed by atoms with Crippen molar-refractivity contribution >= 4 is 17.4 Å². The van der Waals surface area contributed by atoms with Crippen LogP contribution in [0, 0.1) is 12.8 Å². The van der Waals surface area contributed by atoms with Crippen molar-refractivity contribution in [3.05, 3.63) is 65.7 Å². The molecule has 1 N–H and O–H groups in total. The first-order chi connectivity index (χ1) is 9.58. The molecule has 0 saturated heterocycles. The van der Waals surface area contributed by atoms with Crippen molar-refractivity contribution in [3.63, 3.8) is 0 Å². The number of aryl methyl sites for hydroxylation is 1. The van der Waals surface area contributed by atoms with Crippen LogP contribution in [0.4, 0.5) is 5.69 Å². The number of amides is 1. The third kappa shape index (κ3) is 3.32. The van der Waals surface area contributed by atoms with Crippen molar-refractivity contribution in [2.75, 3.05) is 5.32 Å². The fourth-order valence-corrected chi connectivity index (χ4v) is 1.94. The van der Waals surface area contributed by atoms with E-state index >= 15 is 0 Å². The van der Waals surface area contributed by atoms with Gasteiger partial charge < -0.3 is 5.32 Å². The van der Waals surface area contributed by atoms with Gasteiger partial charge in [-0.25, -0.2) is 0 Å². The maximum absolute atomic E-state index is 12.2. The standard InChI is InChI=1S/C17H17NO2/c1-12-7-6-10-15(11-12)18-17(20)13(2)16(19)14-8-4-3-5-9-14/h3-11,13H,1-2H3,(H,18,20)/t13-/m1/s1. The van der Waals surface area contributed by atoms with Crippen LogP contribution >= 0.6 is 0 Å². The van der Waals surface area contributed by atoms with Crippen molar-refractivity contribution in [3.8, 4) is 0 Å². The molecule has 0 bridgehead atoms. The fourth-order valence-electron chi connectivity index (χ4n) is 1.94. The van der Waals surface area contributed by atoms with Crippen LogP contribution in [-0.2, 0) is 4.79 Å². The highest BCUT2D eigenvalue weighted by molar-refractivity contribution is 6.13. The first-order valence-corrected chi connectivity index (χ1v) is 6.54. The third-order valence-electron chi connectivity index (χ3n) is 3.13. The van der Waals surface area contributed by atoms with Crippen LogP contribution in [0.15, 0.2) is 54.6 Å². The summed E-state index contributed by atoms with van der Waals surface area (Å²) in [4.78, 5) is 24.3. The van der Waals surface area contributed by atoms with Gasteiger partial charge in [0.1, 0.15) is 0 Å². The molecule has 102 valence electrons. The molecule has 0 saturated carbocycles. The van der Waals surface area contributed by atoms with E-state index in [2.05, 4.69) is 5.32 Å². The lowest BCUT2D eigenvalue weighted by molar-refractivity contribution is -0.118. The van der Waals surface area contributed by atoms with Gasteiger partial charge in [0.2, 0.25) is 5.91 Å². The quantitative estimate of drug-likeness (QED) is 0.681. The van der Waals surface area contributed by atoms with E-state index < -0.39 is 5.92 Å². The van der Waals surface area contributed by atoms with Crippen LogP contribution in [0.1, 0.15) is 22.8 Å². The number of hydrogen-bond acceptors (Lipinski definition) is 2. The number of rotatable bonds is 4. The van der Waals surface area contributed by atoms with E-state index in [-0.39, 0.29) is 11.7 Å². The minimum atomic E-state index is -0.710. The molecular weight excluding hydrogens is 250 g/mol. The molecule has 1 amide bonds. The SMILES string of the molecule is Cc1cccc(NC(=O)[C@H](C)C(=O)c2ccccc2)c1. The molecule has 0 spiro atoms. The minimum absolute atomic E-state index is 0.171. The molecule has 1 atom stereocenters. The lowest BCUT2D eigenvalue weighted by atomic mass is 9.98. The highest BCUT2D eigenvalue weighted by Gasteiger charge is 2.22. The highest BCUT2D eigenvalue weighted by Crippen LogP contribution is 2.14. The summed E-state index contributed by atoms with van der Waals surface area (Å²) in [7, 11) is 0. The molecule has 20 heavy (non-hydrogen) atoms. The summed E-state index contributed by atoms with van der Waals surface area (Å²) in [6.45, 7) is 3.58. The topological polar surface area (TPSA) is 46.2 Å². The lowest BCUT2D eigenvalue weighted by Gasteiger charge is -2.11. The van der Waals surface area contributed by atoms with Crippen LogP contribution in [0.3, 0.4) is 0 Å². The molecule has 0 aliphatic heterocycles. The Bertz CT molecular complexity index is 620. The van der Waals surface area contributed by atoms with Crippen molar-refractivity contribution < 1.29 is 9.59 Å². The molecule has 0 aromatic heterocycles. The van der Waals surface area contributed by atoms with Gasteiger partial charge in [-0.3, -0.25) is 9.59 Å². The van der Waals surface area contributed by atoms with Crippen molar-refractivity contribution in [1.82, 2.24) is 0 Å². The summed E-state index contributed by atoms with van der Waals surface area (Å²) in [5, 5.41) is 2.77. The minimum Gasteiger partial charge on any atom is -0.325 e. The van der Waals surface area contributed by atoms with E-state index in [0.717, 1.165) is 5.56 Å². The smallest absolute Gasteiger partial charge is 0.235 e. The maximum atomic E-state index is 12.2. The summed E-state index contributed by atoms with van der Waals surface area (Å²) in [5.41, 5.74) is 2.33. The second kappa shape index (κ2) is 6.15. The molecule has 0 heterocycles. The summed E-state index contributed by atoms with van der Waals surface area (Å²) >= 11 is 0. The summed E-state index contributed by atoms with van der Waals surface area (Å²) < 4.78 is 0. The van der Waals surface area contributed by atoms with Gasteiger partial charge in [0.15, 0.2) is 5.78 Å². The first kappa shape index (κ1) is 14.0. The first-order valence-electron chi connectivity index (χ1n) is 6.54. The highest BCUT2D eigenvalue weighted by atomic mass is 16.2. The van der Waals surface area contributed by atoms with Crippen LogP contribution in [0.25, 0.3) is 0 Å². The van der Waals surface area contributed by atoms with Crippen molar-refractivity contribution in [1.29, 1.82) is 0 Å². The van der Waals surface area contributed by atoms with Crippen LogP contribution in [0.2, 0.25) is 0 Å². The van der Waals surface area contributed by atoms with Gasteiger partial charge >= 0.3 is 0 Å². The normalized spacial score (nSPS) is 11.7. The van der Waals surface area contributed by atoms with Crippen LogP contribution in [0.5, 0.6) is 0 Å². The Morgan fingerprint density at radius 1 is 1.00 bits per heavy atom. The number of hydrogen-bond donors (Lipinski definition) is 1. The Hall–Kier alpha value is -2.42.